The molecule has 0 amide bonds. The van der Waals surface area contributed by atoms with Gasteiger partial charge in [-0.3, -0.25) is 0 Å². The first-order chi connectivity index (χ1) is 12.8. The molecule has 1 aromatic heterocycles. The number of benzene rings is 2. The zero-order valence-electron chi connectivity index (χ0n) is 14.4. The molecule has 2 aromatic carbocycles. The van der Waals surface area contributed by atoms with Crippen molar-refractivity contribution in [2.45, 2.75) is 0 Å². The number of nitrogens with zero attached hydrogens (tertiary/aromatic N) is 3. The van der Waals surface area contributed by atoms with Gasteiger partial charge >= 0.3 is 0 Å². The molecule has 0 aliphatic carbocycles. The van der Waals surface area contributed by atoms with E-state index in [-0.39, 0.29) is 0 Å². The minimum Gasteiger partial charge on any atom is -0.383 e. The maximum Gasteiger partial charge on any atom is 0.229 e. The molecule has 26 heavy (non-hydrogen) atoms. The summed E-state index contributed by atoms with van der Waals surface area (Å²) < 4.78 is 5.08. The van der Waals surface area contributed by atoms with E-state index in [1.807, 2.05) is 54.6 Å². The predicted molar refractivity (Wildman–Crippen MR) is 102 cm³/mol. The van der Waals surface area contributed by atoms with Crippen molar-refractivity contribution < 1.29 is 4.74 Å². The van der Waals surface area contributed by atoms with Crippen molar-refractivity contribution >= 4 is 17.5 Å². The molecule has 2 N–H and O–H groups in total. The van der Waals surface area contributed by atoms with Crippen molar-refractivity contribution in [3.8, 4) is 17.3 Å². The molecule has 0 fully saturated rings. The van der Waals surface area contributed by atoms with E-state index in [1.165, 1.54) is 0 Å². The summed E-state index contributed by atoms with van der Waals surface area (Å²) in [6, 6.07) is 21.2. The van der Waals surface area contributed by atoms with Gasteiger partial charge in [-0.15, -0.1) is 0 Å². The normalized spacial score (nSPS) is 10.2. The van der Waals surface area contributed by atoms with Gasteiger partial charge in [0.2, 0.25) is 5.95 Å². The maximum absolute atomic E-state index is 9.27. The number of nitriles is 1. The Morgan fingerprint density at radius 2 is 1.81 bits per heavy atom. The van der Waals surface area contributed by atoms with Crippen LogP contribution in [0.25, 0.3) is 11.3 Å². The van der Waals surface area contributed by atoms with E-state index in [2.05, 4.69) is 26.7 Å². The van der Waals surface area contributed by atoms with Crippen LogP contribution in [0.2, 0.25) is 0 Å². The number of rotatable bonds is 7. The van der Waals surface area contributed by atoms with Crippen LogP contribution in [0.5, 0.6) is 0 Å². The van der Waals surface area contributed by atoms with Crippen LogP contribution in [0.4, 0.5) is 17.5 Å². The van der Waals surface area contributed by atoms with Crippen molar-refractivity contribution in [1.82, 2.24) is 9.97 Å². The molecule has 0 atom stereocenters. The Bertz CT molecular complexity index is 906. The summed E-state index contributed by atoms with van der Waals surface area (Å²) in [7, 11) is 1.66. The zero-order valence-corrected chi connectivity index (χ0v) is 14.4. The lowest BCUT2D eigenvalue weighted by Crippen LogP contribution is -2.10. The lowest BCUT2D eigenvalue weighted by molar-refractivity contribution is 0.210. The fourth-order valence-electron chi connectivity index (χ4n) is 2.44. The molecule has 0 unspecified atom stereocenters. The number of anilines is 3. The second-order valence-electron chi connectivity index (χ2n) is 5.53. The van der Waals surface area contributed by atoms with Crippen molar-refractivity contribution in [3.05, 3.63) is 66.2 Å². The summed E-state index contributed by atoms with van der Waals surface area (Å²) >= 11 is 0. The van der Waals surface area contributed by atoms with Crippen molar-refractivity contribution in [2.75, 3.05) is 30.9 Å². The van der Waals surface area contributed by atoms with E-state index >= 15 is 0 Å². The van der Waals surface area contributed by atoms with Gasteiger partial charge in [-0.25, -0.2) is 4.98 Å². The quantitative estimate of drug-likeness (QED) is 0.634. The lowest BCUT2D eigenvalue weighted by Gasteiger charge is -2.12. The van der Waals surface area contributed by atoms with E-state index in [0.29, 0.717) is 36.2 Å². The molecule has 0 saturated carbocycles. The van der Waals surface area contributed by atoms with Gasteiger partial charge in [-0.1, -0.05) is 42.5 Å². The van der Waals surface area contributed by atoms with Crippen LogP contribution >= 0.6 is 0 Å². The highest BCUT2D eigenvalue weighted by molar-refractivity contribution is 5.68. The smallest absolute Gasteiger partial charge is 0.229 e. The van der Waals surface area contributed by atoms with Crippen LogP contribution in [-0.4, -0.2) is 30.2 Å². The van der Waals surface area contributed by atoms with E-state index in [9.17, 15) is 5.26 Å². The highest BCUT2D eigenvalue weighted by Crippen LogP contribution is 2.24. The standard InChI is InChI=1S/C20H19N5O/c1-26-12-11-22-19-13-18(15-7-3-2-4-8-15)24-20(25-19)23-17-10-6-5-9-16(17)14-21/h2-10,13H,11-12H2,1H3,(H2,22,23,24,25). The van der Waals surface area contributed by atoms with Crippen molar-refractivity contribution in [1.29, 1.82) is 5.26 Å². The third-order valence-corrected chi connectivity index (χ3v) is 3.70. The maximum atomic E-state index is 9.27. The largest absolute Gasteiger partial charge is 0.383 e. The molecule has 6 heteroatoms. The Morgan fingerprint density at radius 3 is 2.58 bits per heavy atom. The van der Waals surface area contributed by atoms with Gasteiger partial charge in [0.05, 0.1) is 23.6 Å². The van der Waals surface area contributed by atoms with Crippen molar-refractivity contribution in [2.24, 2.45) is 0 Å². The molecule has 0 aliphatic rings. The average molecular weight is 345 g/mol. The van der Waals surface area contributed by atoms with Crippen LogP contribution in [-0.2, 0) is 4.74 Å². The number of hydrogen-bond acceptors (Lipinski definition) is 6. The number of ether oxygens (including phenoxy) is 1. The monoisotopic (exact) mass is 345 g/mol. The third kappa shape index (κ3) is 4.35. The number of para-hydroxylation sites is 1. The highest BCUT2D eigenvalue weighted by atomic mass is 16.5. The number of aromatic nitrogens is 2. The second kappa shape index (κ2) is 8.60. The van der Waals surface area contributed by atoms with Crippen LogP contribution in [0.15, 0.2) is 60.7 Å². The minimum absolute atomic E-state index is 0.425. The summed E-state index contributed by atoms with van der Waals surface area (Å²) in [4.78, 5) is 9.10. The Morgan fingerprint density at radius 1 is 1.04 bits per heavy atom. The molecule has 0 bridgehead atoms. The first-order valence-electron chi connectivity index (χ1n) is 8.23. The molecule has 0 saturated heterocycles. The molecule has 0 radical (unpaired) electrons. The average Bonchev–Trinajstić information content (AvgIpc) is 2.69. The van der Waals surface area contributed by atoms with Crippen LogP contribution < -0.4 is 10.6 Å². The topological polar surface area (TPSA) is 82.9 Å². The lowest BCUT2D eigenvalue weighted by atomic mass is 10.1. The van der Waals surface area contributed by atoms with Gasteiger partial charge in [-0.05, 0) is 12.1 Å². The first kappa shape index (κ1) is 17.4. The molecule has 0 spiro atoms. The first-order valence-corrected chi connectivity index (χ1v) is 8.23. The third-order valence-electron chi connectivity index (χ3n) is 3.70. The van der Waals surface area contributed by atoms with Gasteiger partial charge in [0.1, 0.15) is 11.9 Å². The summed E-state index contributed by atoms with van der Waals surface area (Å²) in [5.41, 5.74) is 2.98. The highest BCUT2D eigenvalue weighted by Gasteiger charge is 2.09. The van der Waals surface area contributed by atoms with Crippen LogP contribution in [0.3, 0.4) is 0 Å². The Labute approximate surface area is 152 Å². The van der Waals surface area contributed by atoms with Crippen molar-refractivity contribution in [3.63, 3.8) is 0 Å². The fourth-order valence-corrected chi connectivity index (χ4v) is 2.44. The molecular formula is C20H19N5O. The zero-order chi connectivity index (χ0) is 18.2. The van der Waals surface area contributed by atoms with Crippen LogP contribution in [0.1, 0.15) is 5.56 Å². The SMILES string of the molecule is COCCNc1cc(-c2ccccc2)nc(Nc2ccccc2C#N)n1. The molecule has 0 aliphatic heterocycles. The van der Waals surface area contributed by atoms with E-state index in [1.54, 1.807) is 13.2 Å². The number of methoxy groups -OCH3 is 1. The summed E-state index contributed by atoms with van der Waals surface area (Å²) in [5.74, 6) is 1.11. The summed E-state index contributed by atoms with van der Waals surface area (Å²) in [6.45, 7) is 1.21. The number of nitrogens with one attached hydrogen (secondary N) is 2. The van der Waals surface area contributed by atoms with E-state index in [0.717, 1.165) is 11.3 Å². The Balaban J connectivity index is 1.95. The molecule has 130 valence electrons. The predicted octanol–water partition coefficient (Wildman–Crippen LogP) is 3.82. The van der Waals surface area contributed by atoms with Gasteiger partial charge in [0, 0.05) is 25.3 Å². The summed E-state index contributed by atoms with van der Waals surface area (Å²) in [6.07, 6.45) is 0. The van der Waals surface area contributed by atoms with Gasteiger partial charge in [0.15, 0.2) is 0 Å². The fraction of sp³-hybridized carbons (Fsp3) is 0.150. The van der Waals surface area contributed by atoms with Gasteiger partial charge in [-0.2, -0.15) is 10.2 Å². The molecule has 3 rings (SSSR count). The molecular weight excluding hydrogens is 326 g/mol. The van der Waals surface area contributed by atoms with E-state index < -0.39 is 0 Å². The minimum atomic E-state index is 0.425. The number of hydrogen-bond donors (Lipinski definition) is 2. The Hall–Kier alpha value is -3.43. The van der Waals surface area contributed by atoms with Gasteiger partial charge in [0.25, 0.3) is 0 Å². The summed E-state index contributed by atoms with van der Waals surface area (Å²) in [5, 5.41) is 15.6. The van der Waals surface area contributed by atoms with Gasteiger partial charge < -0.3 is 15.4 Å². The molecule has 1 heterocycles. The molecule has 3 aromatic rings. The van der Waals surface area contributed by atoms with E-state index in [4.69, 9.17) is 4.74 Å². The Kier molecular flexibility index (Phi) is 5.76. The second-order valence-corrected chi connectivity index (χ2v) is 5.53. The van der Waals surface area contributed by atoms with Crippen LogP contribution in [0, 0.1) is 11.3 Å². The molecule has 6 nitrogen and oxygen atoms in total.